The van der Waals surface area contributed by atoms with Crippen LogP contribution in [0, 0.1) is 24.2 Å². The summed E-state index contributed by atoms with van der Waals surface area (Å²) in [5.74, 6) is 1.01. The van der Waals surface area contributed by atoms with Crippen molar-refractivity contribution in [1.29, 1.82) is 0 Å². The van der Waals surface area contributed by atoms with Gasteiger partial charge in [0.1, 0.15) is 44.7 Å². The monoisotopic (exact) mass is 1940 g/mol. The van der Waals surface area contributed by atoms with Crippen molar-refractivity contribution in [1.82, 2.24) is 60.9 Å². The van der Waals surface area contributed by atoms with Gasteiger partial charge in [0.25, 0.3) is 0 Å². The van der Waals surface area contributed by atoms with Crippen molar-refractivity contribution < 1.29 is 62.4 Å². The van der Waals surface area contributed by atoms with Crippen molar-refractivity contribution in [3.8, 4) is 0 Å². The highest BCUT2D eigenvalue weighted by Gasteiger charge is 2.28. The quantitative estimate of drug-likeness (QED) is 0.0163. The molecule has 10 heterocycles. The minimum absolute atomic E-state index is 0. The first kappa shape index (κ1) is 107. The van der Waals surface area contributed by atoms with Crippen LogP contribution in [-0.2, 0) is 77.0 Å². The predicted molar refractivity (Wildman–Crippen MR) is 558 cm³/mol. The molecule has 29 heteroatoms. The van der Waals surface area contributed by atoms with Gasteiger partial charge in [-0.2, -0.15) is 0 Å². The molecule has 0 bridgehead atoms. The van der Waals surface area contributed by atoms with Crippen molar-refractivity contribution in [2.24, 2.45) is 17.3 Å². The summed E-state index contributed by atoms with van der Waals surface area (Å²) in [7, 11) is -7.34. The number of aliphatic hydroxyl groups is 1. The lowest BCUT2D eigenvalue weighted by Crippen LogP contribution is -2.49. The molecule has 8 aromatic carbocycles. The third-order valence-electron chi connectivity index (χ3n) is 22.1. The maximum atomic E-state index is 13.0. The van der Waals surface area contributed by atoms with Crippen molar-refractivity contribution in [2.75, 3.05) is 51.1 Å². The van der Waals surface area contributed by atoms with Crippen LogP contribution in [0.25, 0.3) is 76.8 Å². The number of benzene rings is 8. The summed E-state index contributed by atoms with van der Waals surface area (Å²) in [6, 6.07) is 71.1. The fourth-order valence-electron chi connectivity index (χ4n) is 14.9. The number of nitrogens with zero attached hydrogens (tertiary/aromatic N) is 5. The molecule has 0 saturated carbocycles. The van der Waals surface area contributed by atoms with Gasteiger partial charge in [-0.05, 0) is 274 Å². The highest BCUT2D eigenvalue weighted by atomic mass is 32.2. The van der Waals surface area contributed by atoms with Crippen molar-refractivity contribution in [3.05, 3.63) is 356 Å². The number of carbonyl (C=O) groups excluding carboxylic acids is 1. The van der Waals surface area contributed by atoms with E-state index in [1.165, 1.54) is 45.7 Å². The van der Waals surface area contributed by atoms with Gasteiger partial charge in [0.2, 0.25) is 20.0 Å². The Labute approximate surface area is 821 Å². The first-order valence-electron chi connectivity index (χ1n) is 46.4. The smallest absolute Gasteiger partial charge is 0.407 e. The first-order chi connectivity index (χ1) is 66.5. The maximum Gasteiger partial charge on any atom is 0.407 e. The standard InChI is InChI=1S/C26H30N2O4.C22H28N2O4S.C17H26N2O3S.C15H15N3O.C15H14N2O.C14H12N2O.2CH4/c1-26(2,3)32-25(29)27-11-4-12-28(17-19-5-7-23-21(15-19)9-13-30-23)18-20-6-8-24-22(16-20)10-14-31-24;1-16(2)14-23-15-21(25)20(12-17-6-4-3-5-7-17)24-29(26,27)19-8-9-22-18(13-19)10-11-28-22;1-13(2)10-18-11-17(3,4)12-19-23(20,21)15-5-6-16-14(9-15)7-8-22-16;1-11-7-18-14(10-17-11)9-16-8-12-2-3-15-13(6-12)4-5-19-15;1-2-15-14(5-8-18-15)9-13(1)11-17-10-12-3-6-16-7-4-12;1-2-14-12(5-8-17-14)9-11(1)10-16-13-3-6-15-7-4-13;;/h5-10,13-16H,4,11-12,17-18H2,1-3H3,(H,27,29);3-11,13,16,20-21,23-25H,12,14-15H2,1-2H3;5-9,13,18-19H,10-12H2,1-4H3;2-7,10,16H,8-9H2,1H3;1-9,17H,10-11H2;1-9H,10H2,(H,15,16);2*1H4/t;20-,21+;;;;;;/m.0....../s1. The Morgan fingerprint density at radius 1 is 0.429 bits per heavy atom. The zero-order valence-electron chi connectivity index (χ0n) is 79.8. The van der Waals surface area contributed by atoms with E-state index in [9.17, 15) is 26.7 Å². The van der Waals surface area contributed by atoms with Crippen LogP contribution in [0.5, 0.6) is 0 Å². The van der Waals surface area contributed by atoms with E-state index >= 15 is 0 Å². The second-order valence-electron chi connectivity index (χ2n) is 36.5. The second kappa shape index (κ2) is 52.5. The molecule has 9 N–H and O–H groups in total. The molecule has 2 atom stereocenters. The minimum atomic E-state index is -3.81. The van der Waals surface area contributed by atoms with Gasteiger partial charge in [-0.1, -0.05) is 117 Å². The molecule has 1 amide bonds. The number of fused-ring (bicyclic) bond motifs is 7. The summed E-state index contributed by atoms with van der Waals surface area (Å²) >= 11 is 0. The Kier molecular flexibility index (Phi) is 40.2. The van der Waals surface area contributed by atoms with Gasteiger partial charge < -0.3 is 72.7 Å². The summed E-state index contributed by atoms with van der Waals surface area (Å²) < 4.78 is 99.1. The van der Waals surface area contributed by atoms with Crippen LogP contribution in [0.3, 0.4) is 0 Å². The van der Waals surface area contributed by atoms with Crippen LogP contribution in [0.4, 0.5) is 10.5 Å². The van der Waals surface area contributed by atoms with E-state index in [2.05, 4.69) is 155 Å². The number of sulfonamides is 2. The Morgan fingerprint density at radius 2 is 0.843 bits per heavy atom. The van der Waals surface area contributed by atoms with Gasteiger partial charge in [-0.15, -0.1) is 0 Å². The molecule has 0 unspecified atom stereocenters. The third-order valence-corrected chi connectivity index (χ3v) is 25.0. The molecule has 18 aromatic rings. The molecule has 0 radical (unpaired) electrons. The first-order valence-corrected chi connectivity index (χ1v) is 49.3. The van der Waals surface area contributed by atoms with E-state index in [0.29, 0.717) is 54.4 Å². The topological polar surface area (TPSA) is 358 Å². The number of pyridine rings is 2. The number of rotatable bonds is 37. The zero-order chi connectivity index (χ0) is 97.3. The summed E-state index contributed by atoms with van der Waals surface area (Å²) in [5.41, 5.74) is 16.6. The molecule has 738 valence electrons. The van der Waals surface area contributed by atoms with Crippen LogP contribution in [0.15, 0.2) is 346 Å². The van der Waals surface area contributed by atoms with Crippen LogP contribution < -0.4 is 41.3 Å². The van der Waals surface area contributed by atoms with Gasteiger partial charge in [0.15, 0.2) is 0 Å². The van der Waals surface area contributed by atoms with Crippen LogP contribution in [0.2, 0.25) is 0 Å². The molecule has 140 heavy (non-hydrogen) atoms. The van der Waals surface area contributed by atoms with Gasteiger partial charge in [0, 0.05) is 159 Å². The average Bonchev–Trinajstić information content (AvgIpc) is 1.56. The summed E-state index contributed by atoms with van der Waals surface area (Å²) in [4.78, 5) is 31.2. The number of nitrogens with one attached hydrogen (secondary N) is 8. The maximum absolute atomic E-state index is 13.0. The molecular formula is C111H133N13O14S2. The second-order valence-corrected chi connectivity index (χ2v) is 40.0. The molecule has 18 rings (SSSR count). The highest BCUT2D eigenvalue weighted by Crippen LogP contribution is 2.28. The van der Waals surface area contributed by atoms with Gasteiger partial charge in [-0.25, -0.2) is 31.1 Å². The Morgan fingerprint density at radius 3 is 1.30 bits per heavy atom. The third kappa shape index (κ3) is 34.3. The SMILES string of the molecule is C.C.CC(C)(C)OC(=O)NCCCN(Cc1ccc2occc2c1)Cc1ccc2occc2c1.CC(C)CNCC(C)(C)CNS(=O)(=O)c1ccc2occc2c1.CC(C)CNC[C@@H](O)[C@H](Cc1ccccc1)NS(=O)(=O)c1ccc2occc2c1.Cc1cnc(CNCc2ccc3occc3c2)cn1.c1cc(CNCc2ccc3occc3c2)ccn1.c1cc(NCc2ccc3occc3c2)ccn1. The molecule has 0 fully saturated rings. The van der Waals surface area contributed by atoms with E-state index in [1.54, 1.807) is 98.6 Å². The summed E-state index contributed by atoms with van der Waals surface area (Å²) in [5, 5.41) is 37.4. The molecule has 0 aliphatic rings. The number of aryl methyl sites for hydroxylation is 1. The lowest BCUT2D eigenvalue weighted by molar-refractivity contribution is 0.0525. The fraction of sp³-hybridized carbons (Fsp3) is 0.306. The van der Waals surface area contributed by atoms with Crippen molar-refractivity contribution in [3.63, 3.8) is 0 Å². The molecule has 27 nitrogen and oxygen atoms in total. The molecule has 10 aromatic heterocycles. The number of amides is 1. The summed E-state index contributed by atoms with van der Waals surface area (Å²) in [6.07, 6.45) is 22.4. The summed E-state index contributed by atoms with van der Waals surface area (Å²) in [6.45, 7) is 30.2. The average molecular weight is 1940 g/mol. The van der Waals surface area contributed by atoms with Crippen molar-refractivity contribution >= 4 is 109 Å². The van der Waals surface area contributed by atoms with E-state index in [4.69, 9.17) is 35.7 Å². The number of aliphatic hydroxyl groups excluding tert-OH is 1. The Bertz CT molecular complexity index is 6940. The number of ether oxygens (including phenoxy) is 1. The lowest BCUT2D eigenvalue weighted by Gasteiger charge is -2.26. The van der Waals surface area contributed by atoms with Crippen LogP contribution in [0.1, 0.15) is 134 Å². The Balaban J connectivity index is 0.000000163. The number of alkyl carbamates (subject to hydrolysis) is 1. The van der Waals surface area contributed by atoms with Gasteiger partial charge in [-0.3, -0.25) is 24.8 Å². The fourth-order valence-corrected chi connectivity index (χ4v) is 17.5. The zero-order valence-corrected chi connectivity index (χ0v) is 81.4. The minimum Gasteiger partial charge on any atom is -0.464 e. The Hall–Kier alpha value is -13.4. The largest absolute Gasteiger partial charge is 0.464 e. The predicted octanol–water partition coefficient (Wildman–Crippen LogP) is 22.7. The highest BCUT2D eigenvalue weighted by molar-refractivity contribution is 7.89. The molecule has 0 saturated heterocycles. The number of anilines is 1. The molecular weight excluding hydrogens is 1800 g/mol. The van der Waals surface area contributed by atoms with E-state index in [1.807, 2.05) is 175 Å². The van der Waals surface area contributed by atoms with Gasteiger partial charge >= 0.3 is 6.09 Å². The number of hydrogen-bond donors (Lipinski definition) is 9. The number of furan rings is 7. The molecule has 0 spiro atoms. The number of hydrogen-bond acceptors (Lipinski definition) is 24. The van der Waals surface area contributed by atoms with E-state index < -0.39 is 37.8 Å². The molecule has 0 aliphatic carbocycles. The van der Waals surface area contributed by atoms with E-state index in [-0.39, 0.29) is 36.2 Å². The van der Waals surface area contributed by atoms with Crippen LogP contribution >= 0.6 is 0 Å². The normalized spacial score (nSPS) is 12.0. The number of aromatic nitrogens is 4. The van der Waals surface area contributed by atoms with E-state index in [0.717, 1.165) is 161 Å². The van der Waals surface area contributed by atoms with Crippen molar-refractivity contribution in [2.45, 2.75) is 170 Å². The molecule has 0 aliphatic heterocycles. The van der Waals surface area contributed by atoms with Gasteiger partial charge in [0.05, 0.1) is 77.2 Å². The lowest BCUT2D eigenvalue weighted by atomic mass is 9.94. The number of carbonyl (C=O) groups is 1. The van der Waals surface area contributed by atoms with Crippen LogP contribution in [-0.4, -0.2) is 116 Å².